The van der Waals surface area contributed by atoms with Gasteiger partial charge in [0, 0.05) is 13.5 Å². The van der Waals surface area contributed by atoms with Gasteiger partial charge in [-0.2, -0.15) is 0 Å². The number of hydrogen-bond donors (Lipinski definition) is 0. The highest BCUT2D eigenvalue weighted by molar-refractivity contribution is 5.45. The van der Waals surface area contributed by atoms with Crippen molar-refractivity contribution in [3.05, 3.63) is 12.3 Å². The fraction of sp³-hybridized carbons (Fsp3) is 0.400. The van der Waals surface area contributed by atoms with Gasteiger partial charge < -0.3 is 0 Å². The molecule has 0 N–H and O–H groups in total. The van der Waals surface area contributed by atoms with Crippen molar-refractivity contribution in [3.63, 3.8) is 0 Å². The highest BCUT2D eigenvalue weighted by Crippen LogP contribution is 1.75. The van der Waals surface area contributed by atoms with Crippen LogP contribution < -0.4 is 0 Å². The summed E-state index contributed by atoms with van der Waals surface area (Å²) in [5.74, 6) is 0.734. The van der Waals surface area contributed by atoms with Gasteiger partial charge in [-0.25, -0.2) is 4.42 Å². The van der Waals surface area contributed by atoms with Gasteiger partial charge in [-0.15, -0.1) is 0 Å². The maximum atomic E-state index is 4.72. The lowest BCUT2D eigenvalue weighted by atomic mass is 10.7. The van der Waals surface area contributed by atoms with Gasteiger partial charge in [-0.1, -0.05) is 0 Å². The Morgan fingerprint density at radius 2 is 2.33 bits per heavy atom. The fourth-order valence-electron chi connectivity index (χ4n) is 0.201. The minimum Gasteiger partial charge on any atom is -0.227 e. The molecule has 0 heterocycles. The van der Waals surface area contributed by atoms with Crippen molar-refractivity contribution < 1.29 is 4.42 Å². The Bertz CT molecular complexity index is 72.0. The number of hydrogen-bond acceptors (Lipinski definition) is 0. The summed E-state index contributed by atoms with van der Waals surface area (Å²) in [6.45, 7) is 7.11. The molecule has 1 heteroatoms. The summed E-state index contributed by atoms with van der Waals surface area (Å²) in [5, 5.41) is 0. The zero-order valence-electron chi connectivity index (χ0n) is 4.19. The summed E-state index contributed by atoms with van der Waals surface area (Å²) in [4.78, 5) is 0. The molecule has 34 valence electrons. The molecule has 6 heavy (non-hydrogen) atoms. The molecule has 0 fully saturated rings. The van der Waals surface area contributed by atoms with Crippen molar-refractivity contribution in [1.29, 1.82) is 0 Å². The number of rotatable bonds is 1. The molecule has 0 aliphatic rings. The van der Waals surface area contributed by atoms with Crippen LogP contribution in [0.3, 0.4) is 0 Å². The van der Waals surface area contributed by atoms with Crippen LogP contribution in [0.25, 0.3) is 0 Å². The molecule has 1 nitrogen and oxygen atoms in total. The van der Waals surface area contributed by atoms with Crippen LogP contribution in [0.4, 0.5) is 0 Å². The maximum Gasteiger partial charge on any atom is 0.318 e. The lowest BCUT2D eigenvalue weighted by molar-refractivity contribution is -0.390. The molecular weight excluding hydrogens is 76.1 g/mol. The van der Waals surface area contributed by atoms with Crippen molar-refractivity contribution in [2.75, 3.05) is 0 Å². The minimum atomic E-state index is 0.734. The first-order valence-electron chi connectivity index (χ1n) is 1.87. The molecule has 0 unspecified atom stereocenters. The van der Waals surface area contributed by atoms with Gasteiger partial charge in [-0.3, -0.25) is 0 Å². The summed E-state index contributed by atoms with van der Waals surface area (Å²) in [7, 11) is 0. The summed E-state index contributed by atoms with van der Waals surface area (Å²) in [5.41, 5.74) is 0. The lowest BCUT2D eigenvalue weighted by Crippen LogP contribution is -1.69. The third-order valence-corrected chi connectivity index (χ3v) is 0.319. The highest BCUT2D eigenvalue weighted by atomic mass is 16.4. The monoisotopic (exact) mass is 85.1 g/mol. The first-order valence-corrected chi connectivity index (χ1v) is 1.87. The molecule has 0 aromatic rings. The van der Waals surface area contributed by atoms with Gasteiger partial charge >= 0.3 is 5.76 Å². The van der Waals surface area contributed by atoms with Crippen LogP contribution in [0.2, 0.25) is 0 Å². The van der Waals surface area contributed by atoms with Crippen molar-refractivity contribution in [2.45, 2.75) is 13.8 Å². The molecule has 0 aliphatic carbocycles. The van der Waals surface area contributed by atoms with E-state index < -0.39 is 0 Å². The van der Waals surface area contributed by atoms with E-state index in [-0.39, 0.29) is 0 Å². The second-order valence-corrected chi connectivity index (χ2v) is 1.06. The second-order valence-electron chi connectivity index (χ2n) is 1.06. The molecule has 0 aromatic heterocycles. The van der Waals surface area contributed by atoms with Crippen LogP contribution in [0.15, 0.2) is 12.3 Å². The Hall–Kier alpha value is -0.590. The summed E-state index contributed by atoms with van der Waals surface area (Å²) in [6.07, 6.45) is 1.60. The normalized spacial score (nSPS) is 9.67. The molecule has 0 aromatic carbocycles. The zero-order chi connectivity index (χ0) is 4.99. The topological polar surface area (TPSA) is 11.3 Å². The van der Waals surface area contributed by atoms with E-state index >= 15 is 0 Å². The summed E-state index contributed by atoms with van der Waals surface area (Å²) < 4.78 is 4.72. The van der Waals surface area contributed by atoms with E-state index in [9.17, 15) is 0 Å². The van der Waals surface area contributed by atoms with Crippen LogP contribution in [-0.2, 0) is 4.42 Å². The lowest BCUT2D eigenvalue weighted by Gasteiger charge is -1.60. The molecule has 0 amide bonds. The van der Waals surface area contributed by atoms with Crippen molar-refractivity contribution in [2.24, 2.45) is 0 Å². The minimum absolute atomic E-state index is 0.734. The van der Waals surface area contributed by atoms with Gasteiger partial charge in [0.05, 0.1) is 6.92 Å². The van der Waals surface area contributed by atoms with Crippen molar-refractivity contribution in [3.8, 4) is 0 Å². The Balaban J connectivity index is 3.30. The predicted molar refractivity (Wildman–Crippen MR) is 26.6 cm³/mol. The molecule has 0 atom stereocenters. The first-order chi connectivity index (χ1) is 2.77. The van der Waals surface area contributed by atoms with Gasteiger partial charge in [0.1, 0.15) is 0 Å². The van der Waals surface area contributed by atoms with E-state index in [0.29, 0.717) is 0 Å². The van der Waals surface area contributed by atoms with Crippen LogP contribution in [0.1, 0.15) is 13.8 Å². The average Bonchev–Trinajstić information content (AvgIpc) is 1.35. The zero-order valence-corrected chi connectivity index (χ0v) is 4.19. The largest absolute Gasteiger partial charge is 0.318 e. The van der Waals surface area contributed by atoms with Crippen molar-refractivity contribution >= 4 is 6.29 Å². The third kappa shape index (κ3) is 3.41. The van der Waals surface area contributed by atoms with Gasteiger partial charge in [0.2, 0.25) is 0 Å². The Morgan fingerprint density at radius 1 is 1.83 bits per heavy atom. The average molecular weight is 85.1 g/mol. The standard InChI is InChI=1S/C5H9O/c1-4-6-5(2)3/h4H,2H2,1,3H3/q+1. The SMILES string of the molecule is C=C(C)[O+]=CC. The predicted octanol–water partition coefficient (Wildman–Crippen LogP) is 1.27. The van der Waals surface area contributed by atoms with E-state index in [1.165, 1.54) is 0 Å². The molecule has 0 bridgehead atoms. The van der Waals surface area contributed by atoms with E-state index in [1.54, 1.807) is 13.2 Å². The van der Waals surface area contributed by atoms with E-state index in [2.05, 4.69) is 6.58 Å². The number of allylic oxidation sites excluding steroid dienone is 1. The summed E-state index contributed by atoms with van der Waals surface area (Å²) >= 11 is 0. The molecule has 0 aliphatic heterocycles. The van der Waals surface area contributed by atoms with E-state index in [1.807, 2.05) is 6.92 Å². The van der Waals surface area contributed by atoms with Crippen LogP contribution in [-0.4, -0.2) is 6.29 Å². The van der Waals surface area contributed by atoms with Gasteiger partial charge in [0.15, 0.2) is 0 Å². The van der Waals surface area contributed by atoms with Crippen LogP contribution >= 0.6 is 0 Å². The first kappa shape index (κ1) is 5.41. The third-order valence-electron chi connectivity index (χ3n) is 0.319. The number of carbonyl (C=O) groups excluding carboxylic acids is 1. The summed E-state index contributed by atoms with van der Waals surface area (Å²) in [6, 6.07) is 0. The van der Waals surface area contributed by atoms with E-state index in [0.717, 1.165) is 5.76 Å². The smallest absolute Gasteiger partial charge is 0.227 e. The highest BCUT2D eigenvalue weighted by Gasteiger charge is 1.82. The van der Waals surface area contributed by atoms with Crippen LogP contribution in [0.5, 0.6) is 0 Å². The Labute approximate surface area is 38.0 Å². The Morgan fingerprint density at radius 3 is 2.33 bits per heavy atom. The second kappa shape index (κ2) is 2.64. The molecule has 0 saturated carbocycles. The molecule has 0 radical (unpaired) electrons. The fourth-order valence-corrected chi connectivity index (χ4v) is 0.201. The molecule has 0 spiro atoms. The van der Waals surface area contributed by atoms with Gasteiger partial charge in [0.25, 0.3) is 6.29 Å². The Kier molecular flexibility index (Phi) is 2.38. The molecule has 0 rings (SSSR count). The number of aldehydes is 1. The molecule has 0 saturated heterocycles. The van der Waals surface area contributed by atoms with Crippen molar-refractivity contribution in [1.82, 2.24) is 0 Å². The quantitative estimate of drug-likeness (QED) is 0.258. The van der Waals surface area contributed by atoms with Crippen LogP contribution in [0, 0.1) is 0 Å². The van der Waals surface area contributed by atoms with E-state index in [4.69, 9.17) is 4.42 Å². The molecular formula is C5H9O+. The van der Waals surface area contributed by atoms with Gasteiger partial charge in [-0.05, 0) is 0 Å². The maximum absolute atomic E-state index is 4.72.